The van der Waals surface area contributed by atoms with Crippen LogP contribution in [0.4, 0.5) is 0 Å². The van der Waals surface area contributed by atoms with Crippen molar-refractivity contribution in [2.75, 3.05) is 0 Å². The van der Waals surface area contributed by atoms with Gasteiger partial charge in [-0.05, 0) is 79.9 Å². The lowest BCUT2D eigenvalue weighted by molar-refractivity contribution is 0.660. The molecule has 5 heteroatoms. The van der Waals surface area contributed by atoms with Crippen LogP contribution in [-0.2, 0) is 5.41 Å². The highest BCUT2D eigenvalue weighted by molar-refractivity contribution is 6.11. The molecule has 0 saturated heterocycles. The predicted octanol–water partition coefficient (Wildman–Crippen LogP) is 15.0. The van der Waals surface area contributed by atoms with Crippen LogP contribution in [0.25, 0.3) is 111 Å². The highest BCUT2D eigenvalue weighted by Gasteiger charge is 2.36. The molecule has 1 aliphatic carbocycles. The molecule has 3 aromatic heterocycles. The molecule has 0 radical (unpaired) electrons. The van der Waals surface area contributed by atoms with Gasteiger partial charge < -0.3 is 0 Å². The number of hydrogen-bond donors (Lipinski definition) is 0. The summed E-state index contributed by atoms with van der Waals surface area (Å²) in [5.74, 6) is 1.70. The molecule has 0 aliphatic heterocycles. The smallest absolute Gasteiger partial charge is 0.240 e. The van der Waals surface area contributed by atoms with E-state index < -0.39 is 0 Å². The summed E-state index contributed by atoms with van der Waals surface area (Å²) in [6.07, 6.45) is 0. The van der Waals surface area contributed by atoms with E-state index in [2.05, 4.69) is 235 Å². The molecule has 1 aliphatic rings. The van der Waals surface area contributed by atoms with Gasteiger partial charge in [-0.15, -0.1) is 0 Å². The third kappa shape index (κ3) is 5.75. The van der Waals surface area contributed by atoms with Gasteiger partial charge in [-0.25, -0.2) is 0 Å². The van der Waals surface area contributed by atoms with Crippen LogP contribution < -0.4 is 0 Å². The van der Waals surface area contributed by atoms with Crippen molar-refractivity contribution >= 4 is 43.6 Å². The average Bonchev–Trinajstić information content (AvgIpc) is 3.97. The Hall–Kier alpha value is -8.41. The van der Waals surface area contributed by atoms with Crippen LogP contribution in [0.3, 0.4) is 0 Å². The van der Waals surface area contributed by atoms with Crippen molar-refractivity contribution in [3.63, 3.8) is 0 Å². The summed E-state index contributed by atoms with van der Waals surface area (Å²) in [5.41, 5.74) is 17.2. The van der Waals surface area contributed by atoms with Crippen LogP contribution in [0.2, 0.25) is 0 Å². The fourth-order valence-corrected chi connectivity index (χ4v) is 10.5. The molecule has 0 spiro atoms. The number of hydrogen-bond acceptors (Lipinski definition) is 3. The van der Waals surface area contributed by atoms with Crippen molar-refractivity contribution in [1.82, 2.24) is 24.1 Å². The minimum Gasteiger partial charge on any atom is -0.278 e. The molecule has 0 amide bonds. The van der Waals surface area contributed by atoms with Crippen molar-refractivity contribution in [2.45, 2.75) is 19.3 Å². The summed E-state index contributed by atoms with van der Waals surface area (Å²) >= 11 is 0. The SMILES string of the molecule is CC1(C)c2ccccc2-c2c(-c3ccc(-c4nc(-n5c6ccccc6c6ccc(-c7ccccc7)cc65)nc(-n5c6ccccc6c6ccc(-c7ccccc7)cc65)n4)cc3)cccc21. The average molecular weight is 832 g/mol. The normalized spacial score (nSPS) is 12.9. The van der Waals surface area contributed by atoms with E-state index in [1.54, 1.807) is 0 Å². The van der Waals surface area contributed by atoms with Gasteiger partial charge in [0, 0.05) is 32.5 Å². The van der Waals surface area contributed by atoms with Crippen molar-refractivity contribution < 1.29 is 0 Å². The van der Waals surface area contributed by atoms with E-state index in [0.717, 1.165) is 77.0 Å². The van der Waals surface area contributed by atoms with E-state index in [1.165, 1.54) is 27.8 Å². The Kier molecular flexibility index (Phi) is 8.18. The zero-order chi connectivity index (χ0) is 43.2. The molecule has 0 fully saturated rings. The second-order valence-electron chi connectivity index (χ2n) is 17.6. The Morgan fingerprint density at radius 3 is 1.35 bits per heavy atom. The van der Waals surface area contributed by atoms with Crippen molar-refractivity contribution in [3.05, 3.63) is 223 Å². The number of fused-ring (bicyclic) bond motifs is 9. The van der Waals surface area contributed by atoms with Crippen LogP contribution >= 0.6 is 0 Å². The number of aromatic nitrogens is 5. The van der Waals surface area contributed by atoms with Crippen molar-refractivity contribution in [1.29, 1.82) is 0 Å². The molecule has 0 bridgehead atoms. The van der Waals surface area contributed by atoms with Gasteiger partial charge in [0.2, 0.25) is 11.9 Å². The van der Waals surface area contributed by atoms with E-state index in [4.69, 9.17) is 15.0 Å². The summed E-state index contributed by atoms with van der Waals surface area (Å²) in [6, 6.07) is 76.0. The highest BCUT2D eigenvalue weighted by atomic mass is 15.3. The lowest BCUT2D eigenvalue weighted by Crippen LogP contribution is -2.14. The quantitative estimate of drug-likeness (QED) is 0.168. The Morgan fingerprint density at radius 1 is 0.323 bits per heavy atom. The molecule has 12 aromatic rings. The molecule has 0 unspecified atom stereocenters. The minimum absolute atomic E-state index is 0.0805. The van der Waals surface area contributed by atoms with Crippen LogP contribution in [-0.4, -0.2) is 24.1 Å². The fraction of sp³-hybridized carbons (Fsp3) is 0.0500. The minimum atomic E-state index is -0.0805. The van der Waals surface area contributed by atoms with Crippen molar-refractivity contribution in [2.24, 2.45) is 0 Å². The number of rotatable bonds is 6. The molecule has 0 N–H and O–H groups in total. The number of benzene rings is 9. The molecule has 5 nitrogen and oxygen atoms in total. The number of nitrogens with zero attached hydrogens (tertiary/aromatic N) is 5. The van der Waals surface area contributed by atoms with Gasteiger partial charge >= 0.3 is 0 Å². The van der Waals surface area contributed by atoms with Crippen LogP contribution in [0.15, 0.2) is 212 Å². The summed E-state index contributed by atoms with van der Waals surface area (Å²) in [6.45, 7) is 4.67. The van der Waals surface area contributed by atoms with Gasteiger partial charge in [0.05, 0.1) is 22.1 Å². The predicted molar refractivity (Wildman–Crippen MR) is 268 cm³/mol. The van der Waals surface area contributed by atoms with Crippen LogP contribution in [0, 0.1) is 0 Å². The molecule has 13 rings (SSSR count). The van der Waals surface area contributed by atoms with E-state index in [-0.39, 0.29) is 5.41 Å². The first-order valence-corrected chi connectivity index (χ1v) is 22.3. The number of para-hydroxylation sites is 2. The molecule has 0 atom stereocenters. The summed E-state index contributed by atoms with van der Waals surface area (Å²) in [4.78, 5) is 16.3. The fourth-order valence-electron chi connectivity index (χ4n) is 10.5. The largest absolute Gasteiger partial charge is 0.278 e. The topological polar surface area (TPSA) is 48.5 Å². The van der Waals surface area contributed by atoms with Crippen LogP contribution in [0.5, 0.6) is 0 Å². The summed E-state index contributed by atoms with van der Waals surface area (Å²) in [5, 5.41) is 4.55. The van der Waals surface area contributed by atoms with E-state index >= 15 is 0 Å². The molecular formula is C60H41N5. The Bertz CT molecular complexity index is 3660. The molecule has 3 heterocycles. The van der Waals surface area contributed by atoms with Gasteiger partial charge in [0.15, 0.2) is 5.82 Å². The second kappa shape index (κ2) is 14.3. The van der Waals surface area contributed by atoms with Gasteiger partial charge in [-0.1, -0.05) is 202 Å². The maximum Gasteiger partial charge on any atom is 0.240 e. The zero-order valence-electron chi connectivity index (χ0n) is 35.9. The zero-order valence-corrected chi connectivity index (χ0v) is 35.9. The lowest BCUT2D eigenvalue weighted by atomic mass is 9.82. The second-order valence-corrected chi connectivity index (χ2v) is 17.6. The van der Waals surface area contributed by atoms with Crippen molar-refractivity contribution in [3.8, 4) is 67.8 Å². The maximum absolute atomic E-state index is 5.49. The van der Waals surface area contributed by atoms with Gasteiger partial charge in [0.1, 0.15) is 0 Å². The first kappa shape index (κ1) is 37.2. The summed E-state index contributed by atoms with van der Waals surface area (Å²) in [7, 11) is 0. The molecule has 306 valence electrons. The van der Waals surface area contributed by atoms with E-state index in [1.807, 2.05) is 0 Å². The highest BCUT2D eigenvalue weighted by Crippen LogP contribution is 2.52. The van der Waals surface area contributed by atoms with Gasteiger partial charge in [-0.2, -0.15) is 15.0 Å². The van der Waals surface area contributed by atoms with E-state index in [9.17, 15) is 0 Å². The lowest BCUT2D eigenvalue weighted by Gasteiger charge is -2.21. The Labute approximate surface area is 376 Å². The first-order chi connectivity index (χ1) is 32.0. The van der Waals surface area contributed by atoms with Gasteiger partial charge in [-0.3, -0.25) is 9.13 Å². The first-order valence-electron chi connectivity index (χ1n) is 22.3. The molecule has 0 saturated carbocycles. The Morgan fingerprint density at radius 2 is 0.769 bits per heavy atom. The third-order valence-electron chi connectivity index (χ3n) is 13.6. The monoisotopic (exact) mass is 831 g/mol. The summed E-state index contributed by atoms with van der Waals surface area (Å²) < 4.78 is 4.44. The Balaban J connectivity index is 1.06. The molecule has 65 heavy (non-hydrogen) atoms. The van der Waals surface area contributed by atoms with Gasteiger partial charge in [0.25, 0.3) is 0 Å². The van der Waals surface area contributed by atoms with E-state index in [0.29, 0.717) is 17.7 Å². The molecule has 9 aromatic carbocycles. The van der Waals surface area contributed by atoms with Crippen LogP contribution in [0.1, 0.15) is 25.0 Å². The third-order valence-corrected chi connectivity index (χ3v) is 13.6. The molecular weight excluding hydrogens is 791 g/mol. The standard InChI is InChI=1S/C60H41N5/c1-60(2)50-24-12-9-22-49(50)56-44(23-15-25-51(56)60)40-28-30-41(31-29-40)57-61-58(64-52-26-13-10-20-45(52)47-34-32-42(36-54(47)64)38-16-5-3-6-17-38)63-59(62-57)65-53-27-14-11-21-46(53)48-35-33-43(37-55(48)65)39-18-7-4-8-19-39/h3-37H,1-2H3. The maximum atomic E-state index is 5.49.